The first-order chi connectivity index (χ1) is 11.1. The Morgan fingerprint density at radius 3 is 2.65 bits per heavy atom. The van der Waals surface area contributed by atoms with Crippen molar-refractivity contribution in [3.8, 4) is 11.5 Å². The maximum absolute atomic E-state index is 12.0. The molecule has 7 heteroatoms. The highest BCUT2D eigenvalue weighted by Gasteiger charge is 2.26. The maximum Gasteiger partial charge on any atom is 0.363 e. The summed E-state index contributed by atoms with van der Waals surface area (Å²) >= 11 is 3.19. The van der Waals surface area contributed by atoms with Crippen molar-refractivity contribution in [2.45, 2.75) is 0 Å². The zero-order valence-electron chi connectivity index (χ0n) is 12.3. The van der Waals surface area contributed by atoms with Gasteiger partial charge >= 0.3 is 5.97 Å². The molecule has 0 saturated carbocycles. The van der Waals surface area contributed by atoms with Crippen LogP contribution in [0.3, 0.4) is 0 Å². The molecule has 0 radical (unpaired) electrons. The molecule has 0 unspecified atom stereocenters. The molecule has 0 bridgehead atoms. The van der Waals surface area contributed by atoms with Crippen LogP contribution in [0.1, 0.15) is 11.3 Å². The molecule has 1 aromatic heterocycles. The average Bonchev–Trinajstić information content (AvgIpc) is 3.13. The summed E-state index contributed by atoms with van der Waals surface area (Å²) in [6, 6.07) is 8.70. The van der Waals surface area contributed by atoms with Gasteiger partial charge in [0.05, 0.1) is 14.2 Å². The molecule has 1 aromatic carbocycles. The smallest absolute Gasteiger partial charge is 0.363 e. The Balaban J connectivity index is 2.00. The summed E-state index contributed by atoms with van der Waals surface area (Å²) in [4.78, 5) is 16.2. The maximum atomic E-state index is 12.0. The largest absolute Gasteiger partial charge is 0.493 e. The normalized spacial score (nSPS) is 15.5. The lowest BCUT2D eigenvalue weighted by atomic mass is 10.1. The van der Waals surface area contributed by atoms with E-state index in [1.165, 1.54) is 7.11 Å². The molecule has 0 saturated heterocycles. The zero-order chi connectivity index (χ0) is 16.4. The first kappa shape index (κ1) is 15.4. The number of hydrogen-bond acceptors (Lipinski definition) is 6. The van der Waals surface area contributed by atoms with Gasteiger partial charge in [-0.3, -0.25) is 0 Å². The molecule has 1 aliphatic rings. The third-order valence-corrected chi connectivity index (χ3v) is 3.56. The fourth-order valence-corrected chi connectivity index (χ4v) is 2.42. The molecule has 118 valence electrons. The van der Waals surface area contributed by atoms with Crippen molar-refractivity contribution in [1.82, 2.24) is 0 Å². The number of methoxy groups -OCH3 is 2. The molecule has 0 N–H and O–H groups in total. The summed E-state index contributed by atoms with van der Waals surface area (Å²) in [6.07, 6.45) is 1.58. The highest BCUT2D eigenvalue weighted by Crippen LogP contribution is 2.33. The summed E-state index contributed by atoms with van der Waals surface area (Å²) in [7, 11) is 3.07. The van der Waals surface area contributed by atoms with Gasteiger partial charge in [-0.2, -0.15) is 0 Å². The minimum atomic E-state index is -0.558. The summed E-state index contributed by atoms with van der Waals surface area (Å²) in [5.41, 5.74) is 0.809. The van der Waals surface area contributed by atoms with Crippen LogP contribution in [-0.4, -0.2) is 26.1 Å². The van der Waals surface area contributed by atoms with Gasteiger partial charge in [-0.1, -0.05) is 12.1 Å². The molecule has 23 heavy (non-hydrogen) atoms. The summed E-state index contributed by atoms with van der Waals surface area (Å²) in [5, 5.41) is 0. The second kappa shape index (κ2) is 6.29. The van der Waals surface area contributed by atoms with E-state index in [2.05, 4.69) is 20.9 Å². The van der Waals surface area contributed by atoms with E-state index in [0.29, 0.717) is 27.5 Å². The molecule has 1 aliphatic heterocycles. The summed E-state index contributed by atoms with van der Waals surface area (Å²) < 4.78 is 21.6. The van der Waals surface area contributed by atoms with Crippen molar-refractivity contribution < 1.29 is 23.4 Å². The number of carbonyl (C=O) groups excluding carboxylic acids is 1. The van der Waals surface area contributed by atoms with E-state index in [1.54, 1.807) is 43.5 Å². The van der Waals surface area contributed by atoms with E-state index in [1.807, 2.05) is 0 Å². The minimum absolute atomic E-state index is 0.119. The third kappa shape index (κ3) is 3.00. The van der Waals surface area contributed by atoms with Crippen LogP contribution >= 0.6 is 15.9 Å². The highest BCUT2D eigenvalue weighted by atomic mass is 79.9. The molecule has 0 atom stereocenters. The van der Waals surface area contributed by atoms with Gasteiger partial charge in [0.1, 0.15) is 0 Å². The van der Waals surface area contributed by atoms with E-state index in [0.717, 1.165) is 0 Å². The van der Waals surface area contributed by atoms with Gasteiger partial charge in [0, 0.05) is 5.56 Å². The van der Waals surface area contributed by atoms with Crippen LogP contribution in [0.15, 0.2) is 50.1 Å². The van der Waals surface area contributed by atoms with Crippen LogP contribution in [0.25, 0.3) is 6.08 Å². The van der Waals surface area contributed by atoms with Gasteiger partial charge in [0.2, 0.25) is 0 Å². The van der Waals surface area contributed by atoms with Gasteiger partial charge in [-0.15, -0.1) is 0 Å². The molecule has 2 aromatic rings. The van der Waals surface area contributed by atoms with E-state index >= 15 is 0 Å². The lowest BCUT2D eigenvalue weighted by molar-refractivity contribution is -0.130. The predicted molar refractivity (Wildman–Crippen MR) is 86.6 cm³/mol. The predicted octanol–water partition coefficient (Wildman–Crippen LogP) is 3.40. The lowest BCUT2D eigenvalue weighted by Gasteiger charge is -2.09. The van der Waals surface area contributed by atoms with Gasteiger partial charge in [0.25, 0.3) is 5.90 Å². The second-order valence-electron chi connectivity index (χ2n) is 4.52. The first-order valence-electron chi connectivity index (χ1n) is 6.61. The quantitative estimate of drug-likeness (QED) is 0.603. The van der Waals surface area contributed by atoms with Crippen LogP contribution < -0.4 is 9.47 Å². The number of rotatable bonds is 4. The van der Waals surface area contributed by atoms with E-state index in [9.17, 15) is 4.79 Å². The summed E-state index contributed by atoms with van der Waals surface area (Å²) in [5.74, 6) is 1.00. The third-order valence-electron chi connectivity index (χ3n) is 3.13. The lowest BCUT2D eigenvalue weighted by Crippen LogP contribution is -2.04. The minimum Gasteiger partial charge on any atom is -0.493 e. The number of hydrogen-bond donors (Lipinski definition) is 0. The second-order valence-corrected chi connectivity index (χ2v) is 5.30. The molecule has 6 nitrogen and oxygen atoms in total. The standard InChI is InChI=1S/C16H12BrNO5/c1-20-11-5-3-4-9(14(11)21-2)8-10-16(19)23-15(18-10)12-6-7-13(17)22-12/h3-8H,1-2H3/b10-8-. The molecule has 3 rings (SSSR count). The number of ether oxygens (including phenoxy) is 3. The van der Waals surface area contributed by atoms with Crippen molar-refractivity contribution in [3.63, 3.8) is 0 Å². The van der Waals surface area contributed by atoms with Crippen molar-refractivity contribution in [2.24, 2.45) is 4.99 Å². The number of furan rings is 1. The Morgan fingerprint density at radius 2 is 2.00 bits per heavy atom. The molecule has 0 fully saturated rings. The molecule has 0 amide bonds. The SMILES string of the molecule is COc1cccc(/C=C2\N=C(c3ccc(Br)o3)OC2=O)c1OC. The van der Waals surface area contributed by atoms with E-state index < -0.39 is 5.97 Å². The Bertz CT molecular complexity index is 822. The fourth-order valence-electron chi connectivity index (χ4n) is 2.12. The molecular formula is C16H12BrNO5. The Hall–Kier alpha value is -2.54. The van der Waals surface area contributed by atoms with Crippen molar-refractivity contribution in [3.05, 3.63) is 52.0 Å². The molecular weight excluding hydrogens is 366 g/mol. The summed E-state index contributed by atoms with van der Waals surface area (Å²) in [6.45, 7) is 0. The van der Waals surface area contributed by atoms with Crippen LogP contribution in [0.2, 0.25) is 0 Å². The Morgan fingerprint density at radius 1 is 1.17 bits per heavy atom. The van der Waals surface area contributed by atoms with Crippen LogP contribution in [0.4, 0.5) is 0 Å². The van der Waals surface area contributed by atoms with Gasteiger partial charge in [0.15, 0.2) is 27.6 Å². The number of benzene rings is 1. The topological polar surface area (TPSA) is 70.3 Å². The van der Waals surface area contributed by atoms with Gasteiger partial charge in [-0.25, -0.2) is 9.79 Å². The zero-order valence-corrected chi connectivity index (χ0v) is 13.9. The Labute approximate surface area is 140 Å². The average molecular weight is 378 g/mol. The van der Waals surface area contributed by atoms with Crippen LogP contribution in [0, 0.1) is 0 Å². The molecule has 0 aliphatic carbocycles. The number of halogens is 1. The number of esters is 1. The van der Waals surface area contributed by atoms with Crippen LogP contribution in [-0.2, 0) is 9.53 Å². The van der Waals surface area contributed by atoms with Crippen molar-refractivity contribution in [1.29, 1.82) is 0 Å². The van der Waals surface area contributed by atoms with Gasteiger partial charge in [-0.05, 0) is 40.2 Å². The van der Waals surface area contributed by atoms with E-state index in [-0.39, 0.29) is 11.6 Å². The molecule has 2 heterocycles. The fraction of sp³-hybridized carbons (Fsp3) is 0.125. The highest BCUT2D eigenvalue weighted by molar-refractivity contribution is 9.10. The first-order valence-corrected chi connectivity index (χ1v) is 7.41. The van der Waals surface area contributed by atoms with Crippen molar-refractivity contribution >= 4 is 33.9 Å². The monoisotopic (exact) mass is 377 g/mol. The van der Waals surface area contributed by atoms with Gasteiger partial charge < -0.3 is 18.6 Å². The van der Waals surface area contributed by atoms with Crippen LogP contribution in [0.5, 0.6) is 11.5 Å². The van der Waals surface area contributed by atoms with E-state index in [4.69, 9.17) is 18.6 Å². The molecule has 0 spiro atoms. The number of nitrogens with zero attached hydrogens (tertiary/aromatic N) is 1. The number of aliphatic imine (C=N–C) groups is 1. The van der Waals surface area contributed by atoms with Crippen molar-refractivity contribution in [2.75, 3.05) is 14.2 Å². The number of para-hydroxylation sites is 1. The number of carbonyl (C=O) groups is 1. The number of cyclic esters (lactones) is 1. The Kier molecular flexibility index (Phi) is 4.20.